The Hall–Kier alpha value is -3.98. The zero-order valence-corrected chi connectivity index (χ0v) is 17.6. The summed E-state index contributed by atoms with van der Waals surface area (Å²) < 4.78 is 21.2. The molecule has 164 valence electrons. The molecule has 0 atom stereocenters. The van der Waals surface area contributed by atoms with Gasteiger partial charge in [-0.2, -0.15) is 5.10 Å². The van der Waals surface area contributed by atoms with Crippen LogP contribution in [0.5, 0.6) is 17.2 Å². The first-order valence-corrected chi connectivity index (χ1v) is 9.85. The Morgan fingerprint density at radius 2 is 1.97 bits per heavy atom. The van der Waals surface area contributed by atoms with Crippen molar-refractivity contribution in [2.75, 3.05) is 20.4 Å². The molecule has 1 aromatic heterocycles. The van der Waals surface area contributed by atoms with Gasteiger partial charge in [0.25, 0.3) is 11.8 Å². The molecule has 0 bridgehead atoms. The third-order valence-electron chi connectivity index (χ3n) is 4.49. The van der Waals surface area contributed by atoms with Crippen LogP contribution in [0.25, 0.3) is 11.3 Å². The van der Waals surface area contributed by atoms with Crippen LogP contribution in [-0.4, -0.2) is 38.5 Å². The molecule has 0 spiro atoms. The molecule has 0 aliphatic carbocycles. The number of fused-ring (bicyclic) bond motifs is 1. The number of hydrogen-bond donors (Lipinski definition) is 2. The van der Waals surface area contributed by atoms with E-state index in [1.165, 1.54) is 6.21 Å². The van der Waals surface area contributed by atoms with Crippen molar-refractivity contribution in [1.29, 1.82) is 0 Å². The molecule has 1 aliphatic heterocycles. The first-order chi connectivity index (χ1) is 15.5. The monoisotopic (exact) mass is 455 g/mol. The number of carbonyl (C=O) groups excluding carboxylic acids is 2. The maximum atomic E-state index is 12.2. The molecule has 0 unspecified atom stereocenters. The second kappa shape index (κ2) is 9.44. The van der Waals surface area contributed by atoms with Crippen LogP contribution in [0, 0.1) is 0 Å². The molecule has 2 heterocycles. The SMILES string of the molecule is COc1ccc(-c2ccc(/C=N/NC(=O)CNC(=O)c3ccc4c(c3)OCO4)o2)cc1Cl. The third kappa shape index (κ3) is 4.84. The molecule has 0 saturated carbocycles. The smallest absolute Gasteiger partial charge is 0.259 e. The molecule has 0 radical (unpaired) electrons. The second-order valence-corrected chi connectivity index (χ2v) is 7.00. The van der Waals surface area contributed by atoms with Crippen molar-refractivity contribution in [3.63, 3.8) is 0 Å². The molecule has 9 nitrogen and oxygen atoms in total. The summed E-state index contributed by atoms with van der Waals surface area (Å²) in [6, 6.07) is 13.5. The Morgan fingerprint density at radius 3 is 2.78 bits per heavy atom. The van der Waals surface area contributed by atoms with Crippen molar-refractivity contribution in [3.8, 4) is 28.6 Å². The summed E-state index contributed by atoms with van der Waals surface area (Å²) in [5.74, 6) is 1.72. The van der Waals surface area contributed by atoms with E-state index < -0.39 is 11.8 Å². The van der Waals surface area contributed by atoms with Gasteiger partial charge in [-0.05, 0) is 48.5 Å². The Kier molecular flexibility index (Phi) is 6.27. The maximum absolute atomic E-state index is 12.2. The highest BCUT2D eigenvalue weighted by Crippen LogP contribution is 2.32. The van der Waals surface area contributed by atoms with Gasteiger partial charge in [-0.1, -0.05) is 11.6 Å². The number of hydrogen-bond acceptors (Lipinski definition) is 7. The molecule has 0 saturated heterocycles. The van der Waals surface area contributed by atoms with E-state index in [2.05, 4.69) is 15.8 Å². The van der Waals surface area contributed by atoms with E-state index in [1.807, 2.05) is 6.07 Å². The zero-order valence-electron chi connectivity index (χ0n) is 16.9. The van der Waals surface area contributed by atoms with Gasteiger partial charge >= 0.3 is 0 Å². The molecular formula is C22H18ClN3O6. The van der Waals surface area contributed by atoms with E-state index in [0.29, 0.717) is 39.4 Å². The average molecular weight is 456 g/mol. The molecular weight excluding hydrogens is 438 g/mol. The van der Waals surface area contributed by atoms with Gasteiger partial charge in [0.2, 0.25) is 6.79 Å². The summed E-state index contributed by atoms with van der Waals surface area (Å²) in [4.78, 5) is 24.1. The fourth-order valence-electron chi connectivity index (χ4n) is 2.90. The van der Waals surface area contributed by atoms with E-state index in [4.69, 9.17) is 30.2 Å². The van der Waals surface area contributed by atoms with Crippen LogP contribution in [0.15, 0.2) is 58.0 Å². The predicted octanol–water partition coefficient (Wildman–Crippen LogP) is 3.22. The first kappa shape index (κ1) is 21.3. The minimum Gasteiger partial charge on any atom is -0.495 e. The fourth-order valence-corrected chi connectivity index (χ4v) is 3.16. The van der Waals surface area contributed by atoms with Gasteiger partial charge in [-0.25, -0.2) is 5.43 Å². The lowest BCUT2D eigenvalue weighted by Crippen LogP contribution is -2.34. The van der Waals surface area contributed by atoms with Gasteiger partial charge < -0.3 is 23.9 Å². The molecule has 4 rings (SSSR count). The highest BCUT2D eigenvalue weighted by Gasteiger charge is 2.16. The number of hydrazone groups is 1. The molecule has 10 heteroatoms. The number of rotatable bonds is 7. The van der Waals surface area contributed by atoms with Crippen LogP contribution < -0.4 is 25.0 Å². The minimum absolute atomic E-state index is 0.117. The Balaban J connectivity index is 1.27. The van der Waals surface area contributed by atoms with E-state index in [-0.39, 0.29) is 13.3 Å². The molecule has 2 aromatic carbocycles. The van der Waals surface area contributed by atoms with Gasteiger partial charge in [0.1, 0.15) is 17.3 Å². The van der Waals surface area contributed by atoms with Crippen molar-refractivity contribution < 1.29 is 28.2 Å². The minimum atomic E-state index is -0.496. The van der Waals surface area contributed by atoms with Crippen LogP contribution in [0.3, 0.4) is 0 Å². The number of nitrogens with one attached hydrogen (secondary N) is 2. The number of nitrogens with zero attached hydrogens (tertiary/aromatic N) is 1. The Bertz CT molecular complexity index is 1190. The number of benzene rings is 2. The van der Waals surface area contributed by atoms with Crippen LogP contribution >= 0.6 is 11.6 Å². The van der Waals surface area contributed by atoms with Crippen LogP contribution in [-0.2, 0) is 4.79 Å². The Labute approximate surface area is 187 Å². The highest BCUT2D eigenvalue weighted by molar-refractivity contribution is 6.32. The van der Waals surface area contributed by atoms with Gasteiger partial charge in [0.05, 0.1) is 24.9 Å². The lowest BCUT2D eigenvalue weighted by atomic mass is 10.2. The lowest BCUT2D eigenvalue weighted by Gasteiger charge is -2.05. The van der Waals surface area contributed by atoms with Crippen LogP contribution in [0.4, 0.5) is 0 Å². The molecule has 2 N–H and O–H groups in total. The summed E-state index contributed by atoms with van der Waals surface area (Å²) >= 11 is 6.14. The van der Waals surface area contributed by atoms with Crippen molar-refractivity contribution >= 4 is 29.6 Å². The van der Waals surface area contributed by atoms with Gasteiger partial charge in [-0.3, -0.25) is 9.59 Å². The summed E-state index contributed by atoms with van der Waals surface area (Å²) in [7, 11) is 1.54. The molecule has 1 aliphatic rings. The van der Waals surface area contributed by atoms with Crippen LogP contribution in [0.2, 0.25) is 5.02 Å². The topological polar surface area (TPSA) is 111 Å². The normalized spacial score (nSPS) is 12.1. The quantitative estimate of drug-likeness (QED) is 0.418. The fraction of sp³-hybridized carbons (Fsp3) is 0.136. The van der Waals surface area contributed by atoms with E-state index in [1.54, 1.807) is 49.6 Å². The number of carbonyl (C=O) groups is 2. The van der Waals surface area contributed by atoms with Gasteiger partial charge in [0.15, 0.2) is 11.5 Å². The first-order valence-electron chi connectivity index (χ1n) is 9.47. The standard InChI is InChI=1S/C22H18ClN3O6/c1-29-18-5-2-13(8-16(18)23)17-7-4-15(32-17)10-25-26-21(27)11-24-22(28)14-3-6-19-20(9-14)31-12-30-19/h2-10H,11-12H2,1H3,(H,24,28)(H,26,27)/b25-10+. The number of furan rings is 1. The zero-order chi connectivity index (χ0) is 22.5. The van der Waals surface area contributed by atoms with E-state index >= 15 is 0 Å². The van der Waals surface area contributed by atoms with E-state index in [9.17, 15) is 9.59 Å². The summed E-state index contributed by atoms with van der Waals surface area (Å²) in [5.41, 5.74) is 3.45. The molecule has 3 aromatic rings. The maximum Gasteiger partial charge on any atom is 0.259 e. The second-order valence-electron chi connectivity index (χ2n) is 6.60. The number of ether oxygens (including phenoxy) is 3. The van der Waals surface area contributed by atoms with Gasteiger partial charge in [0, 0.05) is 11.1 Å². The summed E-state index contributed by atoms with van der Waals surface area (Å²) in [6.45, 7) is -0.135. The summed E-state index contributed by atoms with van der Waals surface area (Å²) in [6.07, 6.45) is 1.35. The number of methoxy groups -OCH3 is 1. The van der Waals surface area contributed by atoms with Crippen molar-refractivity contribution in [1.82, 2.24) is 10.7 Å². The third-order valence-corrected chi connectivity index (χ3v) is 4.78. The van der Waals surface area contributed by atoms with E-state index in [0.717, 1.165) is 5.56 Å². The average Bonchev–Trinajstić information content (AvgIpc) is 3.46. The van der Waals surface area contributed by atoms with Crippen LogP contribution in [0.1, 0.15) is 16.1 Å². The van der Waals surface area contributed by atoms with Crippen molar-refractivity contribution in [2.24, 2.45) is 5.10 Å². The number of halogens is 1. The van der Waals surface area contributed by atoms with Gasteiger partial charge in [-0.15, -0.1) is 0 Å². The molecule has 2 amide bonds. The molecule has 0 fully saturated rings. The van der Waals surface area contributed by atoms with Crippen molar-refractivity contribution in [2.45, 2.75) is 0 Å². The summed E-state index contributed by atoms with van der Waals surface area (Å²) in [5, 5.41) is 6.82. The van der Waals surface area contributed by atoms with Crippen molar-refractivity contribution in [3.05, 3.63) is 64.9 Å². The Morgan fingerprint density at radius 1 is 1.12 bits per heavy atom. The lowest BCUT2D eigenvalue weighted by molar-refractivity contribution is -0.120. The molecule has 32 heavy (non-hydrogen) atoms. The highest BCUT2D eigenvalue weighted by atomic mass is 35.5. The predicted molar refractivity (Wildman–Crippen MR) is 116 cm³/mol. The largest absolute Gasteiger partial charge is 0.495 e. The number of amides is 2.